The van der Waals surface area contributed by atoms with Crippen molar-refractivity contribution in [2.75, 3.05) is 0 Å². The van der Waals surface area contributed by atoms with E-state index >= 15 is 0 Å². The molecule has 0 N–H and O–H groups in total. The Morgan fingerprint density at radius 1 is 1.26 bits per heavy atom. The second-order valence-electron chi connectivity index (χ2n) is 5.26. The molecule has 0 bridgehead atoms. The fourth-order valence-corrected chi connectivity index (χ4v) is 2.67. The van der Waals surface area contributed by atoms with E-state index in [0.29, 0.717) is 10.9 Å². The van der Waals surface area contributed by atoms with Gasteiger partial charge in [-0.2, -0.15) is 0 Å². The Balaban J connectivity index is 2.40. The molecule has 5 heteroatoms. The van der Waals surface area contributed by atoms with Gasteiger partial charge >= 0.3 is 0 Å². The van der Waals surface area contributed by atoms with Gasteiger partial charge in [0.05, 0.1) is 22.1 Å². The number of halogens is 2. The van der Waals surface area contributed by atoms with Crippen molar-refractivity contribution in [3.63, 3.8) is 0 Å². The first-order valence-corrected chi connectivity index (χ1v) is 7.45. The zero-order chi connectivity index (χ0) is 14.0. The van der Waals surface area contributed by atoms with Gasteiger partial charge in [0, 0.05) is 12.7 Å². The number of pyridine rings is 1. The van der Waals surface area contributed by atoms with Crippen molar-refractivity contribution >= 4 is 34.2 Å². The highest BCUT2D eigenvalue weighted by molar-refractivity contribution is 6.34. The van der Waals surface area contributed by atoms with Crippen LogP contribution < -0.4 is 0 Å². The Hall–Kier alpha value is -0.800. The summed E-state index contributed by atoms with van der Waals surface area (Å²) in [6, 6.07) is 0. The molecule has 0 aromatic carbocycles. The van der Waals surface area contributed by atoms with Gasteiger partial charge in [-0.25, -0.2) is 4.98 Å². The maximum atomic E-state index is 6.26. The highest BCUT2D eigenvalue weighted by atomic mass is 35.5. The van der Waals surface area contributed by atoms with Crippen LogP contribution in [0.25, 0.3) is 11.0 Å². The van der Waals surface area contributed by atoms with E-state index < -0.39 is 0 Å². The Morgan fingerprint density at radius 2 is 2.00 bits per heavy atom. The van der Waals surface area contributed by atoms with Crippen LogP contribution in [0.4, 0.5) is 0 Å². The first-order chi connectivity index (χ1) is 9.00. The standard InChI is InChI=1S/C14H19Cl2N3/c1-9(2)5-4-6-19-13-11(16)7-17-8-12(13)18-14(19)10(3)15/h7-10H,4-6H2,1-3H3. The molecular formula is C14H19Cl2N3. The second kappa shape index (κ2) is 6.10. The van der Waals surface area contributed by atoms with Gasteiger partial charge in [-0.05, 0) is 25.7 Å². The van der Waals surface area contributed by atoms with Gasteiger partial charge in [0.2, 0.25) is 0 Å². The minimum absolute atomic E-state index is 0.137. The summed E-state index contributed by atoms with van der Waals surface area (Å²) in [7, 11) is 0. The second-order valence-corrected chi connectivity index (χ2v) is 6.32. The lowest BCUT2D eigenvalue weighted by molar-refractivity contribution is 0.509. The number of hydrogen-bond donors (Lipinski definition) is 0. The lowest BCUT2D eigenvalue weighted by Gasteiger charge is -2.12. The number of nitrogens with zero attached hydrogens (tertiary/aromatic N) is 3. The lowest BCUT2D eigenvalue weighted by Crippen LogP contribution is -2.06. The van der Waals surface area contributed by atoms with Crippen LogP contribution in [0, 0.1) is 5.92 Å². The predicted octanol–water partition coefficient (Wildman–Crippen LogP) is 4.82. The van der Waals surface area contributed by atoms with E-state index in [1.807, 2.05) is 6.92 Å². The Labute approximate surface area is 123 Å². The minimum atomic E-state index is -0.137. The van der Waals surface area contributed by atoms with Crippen LogP contribution in [0.5, 0.6) is 0 Å². The topological polar surface area (TPSA) is 30.7 Å². The fraction of sp³-hybridized carbons (Fsp3) is 0.571. The number of alkyl halides is 1. The maximum Gasteiger partial charge on any atom is 0.127 e. The number of aromatic nitrogens is 3. The molecule has 19 heavy (non-hydrogen) atoms. The molecule has 104 valence electrons. The summed E-state index contributed by atoms with van der Waals surface area (Å²) >= 11 is 12.5. The van der Waals surface area contributed by atoms with E-state index in [1.54, 1.807) is 12.4 Å². The zero-order valence-electron chi connectivity index (χ0n) is 11.5. The van der Waals surface area contributed by atoms with E-state index in [1.165, 1.54) is 6.42 Å². The molecule has 0 saturated heterocycles. The molecule has 0 aliphatic rings. The fourth-order valence-electron chi connectivity index (χ4n) is 2.25. The monoisotopic (exact) mass is 299 g/mol. The van der Waals surface area contributed by atoms with Gasteiger partial charge in [0.25, 0.3) is 0 Å². The van der Waals surface area contributed by atoms with Crippen LogP contribution in [0.1, 0.15) is 44.8 Å². The van der Waals surface area contributed by atoms with Crippen LogP contribution in [-0.2, 0) is 6.54 Å². The van der Waals surface area contributed by atoms with Crippen LogP contribution in [0.15, 0.2) is 12.4 Å². The van der Waals surface area contributed by atoms with Crippen molar-refractivity contribution in [2.45, 2.75) is 45.5 Å². The average molecular weight is 300 g/mol. The molecular weight excluding hydrogens is 281 g/mol. The summed E-state index contributed by atoms with van der Waals surface area (Å²) in [4.78, 5) is 8.64. The van der Waals surface area contributed by atoms with Gasteiger partial charge in [-0.15, -0.1) is 11.6 Å². The third-order valence-electron chi connectivity index (χ3n) is 3.15. The Kier molecular flexibility index (Phi) is 4.69. The zero-order valence-corrected chi connectivity index (χ0v) is 13.0. The molecule has 2 heterocycles. The van der Waals surface area contributed by atoms with Crippen molar-refractivity contribution in [3.8, 4) is 0 Å². The van der Waals surface area contributed by atoms with Gasteiger partial charge in [0.1, 0.15) is 11.3 Å². The lowest BCUT2D eigenvalue weighted by atomic mass is 10.1. The molecule has 0 aliphatic heterocycles. The smallest absolute Gasteiger partial charge is 0.127 e. The molecule has 2 rings (SSSR count). The molecule has 2 aromatic heterocycles. The van der Waals surface area contributed by atoms with Crippen LogP contribution in [0.3, 0.4) is 0 Å². The molecule has 1 unspecified atom stereocenters. The number of fused-ring (bicyclic) bond motifs is 1. The highest BCUT2D eigenvalue weighted by Gasteiger charge is 2.17. The summed E-state index contributed by atoms with van der Waals surface area (Å²) < 4.78 is 2.14. The largest absolute Gasteiger partial charge is 0.325 e. The predicted molar refractivity (Wildman–Crippen MR) is 80.9 cm³/mol. The van der Waals surface area contributed by atoms with Crippen LogP contribution in [-0.4, -0.2) is 14.5 Å². The van der Waals surface area contributed by atoms with E-state index in [4.69, 9.17) is 23.2 Å². The Bertz CT molecular complexity index is 561. The van der Waals surface area contributed by atoms with Gasteiger partial charge < -0.3 is 4.57 Å². The van der Waals surface area contributed by atoms with E-state index in [0.717, 1.165) is 29.8 Å². The number of aryl methyl sites for hydroxylation is 1. The molecule has 0 saturated carbocycles. The quantitative estimate of drug-likeness (QED) is 0.741. The number of imidazole rings is 1. The van der Waals surface area contributed by atoms with Crippen LogP contribution >= 0.6 is 23.2 Å². The first kappa shape index (κ1) is 14.6. The third kappa shape index (κ3) is 3.21. The van der Waals surface area contributed by atoms with Crippen molar-refractivity contribution in [2.24, 2.45) is 5.92 Å². The first-order valence-electron chi connectivity index (χ1n) is 6.64. The minimum Gasteiger partial charge on any atom is -0.325 e. The van der Waals surface area contributed by atoms with Gasteiger partial charge in [-0.3, -0.25) is 4.98 Å². The molecule has 1 atom stereocenters. The molecule has 0 spiro atoms. The summed E-state index contributed by atoms with van der Waals surface area (Å²) in [5, 5.41) is 0.501. The summed E-state index contributed by atoms with van der Waals surface area (Å²) in [5.74, 6) is 1.57. The van der Waals surface area contributed by atoms with E-state index in [9.17, 15) is 0 Å². The molecule has 2 aromatic rings. The van der Waals surface area contributed by atoms with E-state index in [2.05, 4.69) is 28.4 Å². The summed E-state index contributed by atoms with van der Waals surface area (Å²) in [6.45, 7) is 7.29. The van der Waals surface area contributed by atoms with Crippen molar-refractivity contribution in [3.05, 3.63) is 23.2 Å². The highest BCUT2D eigenvalue weighted by Crippen LogP contribution is 2.29. The SMILES string of the molecule is CC(C)CCCn1c(C(C)Cl)nc2cncc(Cl)c21. The summed E-state index contributed by atoms with van der Waals surface area (Å²) in [5.41, 5.74) is 1.77. The van der Waals surface area contributed by atoms with Gasteiger partial charge in [-0.1, -0.05) is 25.4 Å². The van der Waals surface area contributed by atoms with Crippen LogP contribution in [0.2, 0.25) is 5.02 Å². The van der Waals surface area contributed by atoms with Crippen molar-refractivity contribution in [1.82, 2.24) is 14.5 Å². The Morgan fingerprint density at radius 3 is 2.63 bits per heavy atom. The number of hydrogen-bond acceptors (Lipinski definition) is 2. The third-order valence-corrected chi connectivity index (χ3v) is 3.63. The van der Waals surface area contributed by atoms with Gasteiger partial charge in [0.15, 0.2) is 0 Å². The molecule has 0 fully saturated rings. The normalized spacial score (nSPS) is 13.4. The maximum absolute atomic E-state index is 6.26. The average Bonchev–Trinajstić information content (AvgIpc) is 2.69. The van der Waals surface area contributed by atoms with Crippen molar-refractivity contribution in [1.29, 1.82) is 0 Å². The molecule has 3 nitrogen and oxygen atoms in total. The molecule has 0 aliphatic carbocycles. The summed E-state index contributed by atoms with van der Waals surface area (Å²) in [6.07, 6.45) is 5.67. The molecule has 0 amide bonds. The van der Waals surface area contributed by atoms with Crippen molar-refractivity contribution < 1.29 is 0 Å². The number of rotatable bonds is 5. The molecule has 0 radical (unpaired) electrons. The van der Waals surface area contributed by atoms with E-state index in [-0.39, 0.29) is 5.38 Å².